The van der Waals surface area contributed by atoms with Gasteiger partial charge in [0.2, 0.25) is 0 Å². The standard InChI is InChI=1S/C21H27NO6/c1-4-28-15-10-14-6-5-7-16(23)20(26)17(24)9-8-12(2)13(3)22-21(27)19(14)18(25)11-15/h5-6,8-13,16,20,23,25-26H,4,7H2,1-3H3,(H,22,27)/b6-5+,9-8-/t12-,13?,16?,20?/m1/s1. The van der Waals surface area contributed by atoms with E-state index in [4.69, 9.17) is 4.74 Å². The average Bonchev–Trinajstić information content (AvgIpc) is 2.64. The number of carbonyl (C=O) groups is 2. The van der Waals surface area contributed by atoms with Gasteiger partial charge in [-0.25, -0.2) is 0 Å². The Kier molecular flexibility index (Phi) is 7.37. The predicted octanol–water partition coefficient (Wildman–Crippen LogP) is 1.81. The van der Waals surface area contributed by atoms with Crippen molar-refractivity contribution >= 4 is 17.8 Å². The summed E-state index contributed by atoms with van der Waals surface area (Å²) in [4.78, 5) is 24.8. The highest BCUT2D eigenvalue weighted by Crippen LogP contribution is 2.29. The molecule has 28 heavy (non-hydrogen) atoms. The quantitative estimate of drug-likeness (QED) is 0.613. The van der Waals surface area contributed by atoms with Crippen molar-refractivity contribution in [1.82, 2.24) is 5.32 Å². The van der Waals surface area contributed by atoms with Crippen molar-refractivity contribution in [2.24, 2.45) is 5.92 Å². The maximum Gasteiger partial charge on any atom is 0.255 e. The fourth-order valence-corrected chi connectivity index (χ4v) is 2.83. The summed E-state index contributed by atoms with van der Waals surface area (Å²) < 4.78 is 5.42. The van der Waals surface area contributed by atoms with Crippen LogP contribution in [0.25, 0.3) is 6.08 Å². The van der Waals surface area contributed by atoms with E-state index in [0.29, 0.717) is 17.9 Å². The summed E-state index contributed by atoms with van der Waals surface area (Å²) in [6, 6.07) is 2.65. The Balaban J connectivity index is 2.50. The Morgan fingerprint density at radius 1 is 1.18 bits per heavy atom. The molecule has 4 atom stereocenters. The highest BCUT2D eigenvalue weighted by molar-refractivity contribution is 6.01. The number of phenols is 1. The second kappa shape index (κ2) is 9.52. The number of benzene rings is 1. The number of rotatable bonds is 2. The normalized spacial score (nSPS) is 28.6. The topological polar surface area (TPSA) is 116 Å². The molecule has 7 heteroatoms. The highest BCUT2D eigenvalue weighted by Gasteiger charge is 2.24. The molecule has 3 unspecified atom stereocenters. The summed E-state index contributed by atoms with van der Waals surface area (Å²) in [7, 11) is 0. The number of nitrogens with one attached hydrogen (secondary N) is 1. The second-order valence-corrected chi connectivity index (χ2v) is 6.87. The molecule has 0 aromatic heterocycles. The van der Waals surface area contributed by atoms with Crippen molar-refractivity contribution in [2.45, 2.75) is 45.4 Å². The molecule has 7 nitrogen and oxygen atoms in total. The van der Waals surface area contributed by atoms with E-state index in [1.807, 2.05) is 6.92 Å². The Morgan fingerprint density at radius 2 is 1.89 bits per heavy atom. The van der Waals surface area contributed by atoms with Gasteiger partial charge in [-0.2, -0.15) is 0 Å². The number of aliphatic hydroxyl groups is 2. The van der Waals surface area contributed by atoms with E-state index in [1.54, 1.807) is 32.1 Å². The molecule has 0 spiro atoms. The molecular formula is C21H27NO6. The van der Waals surface area contributed by atoms with Crippen LogP contribution in [0.3, 0.4) is 0 Å². The molecule has 0 radical (unpaired) electrons. The van der Waals surface area contributed by atoms with Crippen LogP contribution >= 0.6 is 0 Å². The first-order chi connectivity index (χ1) is 13.2. The van der Waals surface area contributed by atoms with Gasteiger partial charge in [0.25, 0.3) is 5.91 Å². The number of fused-ring (bicyclic) bond motifs is 1. The van der Waals surface area contributed by atoms with Gasteiger partial charge in [-0.3, -0.25) is 9.59 Å². The summed E-state index contributed by atoms with van der Waals surface area (Å²) in [5.41, 5.74) is 0.493. The maximum atomic E-state index is 12.8. The maximum absolute atomic E-state index is 12.8. The monoisotopic (exact) mass is 389 g/mol. The number of carbonyl (C=O) groups excluding carboxylic acids is 2. The summed E-state index contributed by atoms with van der Waals surface area (Å²) in [5, 5.41) is 33.3. The van der Waals surface area contributed by atoms with Crippen molar-refractivity contribution in [2.75, 3.05) is 6.61 Å². The lowest BCUT2D eigenvalue weighted by Gasteiger charge is -2.21. The van der Waals surface area contributed by atoms with Gasteiger partial charge >= 0.3 is 0 Å². The van der Waals surface area contributed by atoms with E-state index in [0.717, 1.165) is 0 Å². The first-order valence-corrected chi connectivity index (χ1v) is 9.30. The van der Waals surface area contributed by atoms with Crippen molar-refractivity contribution in [1.29, 1.82) is 0 Å². The van der Waals surface area contributed by atoms with Crippen molar-refractivity contribution < 1.29 is 29.6 Å². The number of ether oxygens (including phenoxy) is 1. The summed E-state index contributed by atoms with van der Waals surface area (Å²) in [6.07, 6.45) is 3.04. The Bertz CT molecular complexity index is 785. The minimum atomic E-state index is -1.54. The Labute approximate surface area is 164 Å². The minimum Gasteiger partial charge on any atom is -0.507 e. The van der Waals surface area contributed by atoms with Gasteiger partial charge in [0.05, 0.1) is 18.3 Å². The highest BCUT2D eigenvalue weighted by atomic mass is 16.5. The van der Waals surface area contributed by atoms with E-state index >= 15 is 0 Å². The number of amides is 1. The van der Waals surface area contributed by atoms with E-state index < -0.39 is 23.9 Å². The lowest BCUT2D eigenvalue weighted by atomic mass is 9.97. The summed E-state index contributed by atoms with van der Waals surface area (Å²) in [6.45, 7) is 5.77. The molecule has 1 aromatic rings. The molecular weight excluding hydrogens is 362 g/mol. The first-order valence-electron chi connectivity index (χ1n) is 9.30. The third-order valence-electron chi connectivity index (χ3n) is 4.70. The minimum absolute atomic E-state index is 0.00656. The van der Waals surface area contributed by atoms with E-state index in [1.165, 1.54) is 18.2 Å². The van der Waals surface area contributed by atoms with Crippen molar-refractivity contribution in [3.8, 4) is 11.5 Å². The SMILES string of the molecule is CCOc1cc(O)c2c(c1)/C=C/CC(O)C(O)C(=O)/C=C\[C@@H](C)C(C)NC2=O. The van der Waals surface area contributed by atoms with Gasteiger partial charge in [-0.15, -0.1) is 0 Å². The molecule has 0 bridgehead atoms. The molecule has 1 heterocycles. The molecule has 152 valence electrons. The predicted molar refractivity (Wildman–Crippen MR) is 105 cm³/mol. The lowest BCUT2D eigenvalue weighted by Crippen LogP contribution is -2.37. The third kappa shape index (κ3) is 5.21. The number of aromatic hydroxyl groups is 1. The number of hydrogen-bond donors (Lipinski definition) is 4. The largest absolute Gasteiger partial charge is 0.507 e. The molecule has 1 amide bonds. The number of phenolic OH excluding ortho intramolecular Hbond substituents is 1. The average molecular weight is 389 g/mol. The summed E-state index contributed by atoms with van der Waals surface area (Å²) >= 11 is 0. The first kappa shape index (κ1) is 21.7. The van der Waals surface area contributed by atoms with Crippen LogP contribution in [0.4, 0.5) is 0 Å². The van der Waals surface area contributed by atoms with Gasteiger partial charge in [0.1, 0.15) is 17.6 Å². The molecule has 1 aliphatic rings. The van der Waals surface area contributed by atoms with Crippen LogP contribution < -0.4 is 10.1 Å². The van der Waals surface area contributed by atoms with Crippen LogP contribution in [0.2, 0.25) is 0 Å². The lowest BCUT2D eigenvalue weighted by molar-refractivity contribution is -0.127. The molecule has 0 aliphatic carbocycles. The van der Waals surface area contributed by atoms with Crippen molar-refractivity contribution in [3.63, 3.8) is 0 Å². The molecule has 2 rings (SSSR count). The number of ketones is 1. The van der Waals surface area contributed by atoms with Gasteiger partial charge in [-0.05, 0) is 43.9 Å². The molecule has 0 fully saturated rings. The fourth-order valence-electron chi connectivity index (χ4n) is 2.83. The van der Waals surface area contributed by atoms with Crippen molar-refractivity contribution in [3.05, 3.63) is 41.5 Å². The van der Waals surface area contributed by atoms with Crippen LogP contribution in [0.1, 0.15) is 43.1 Å². The number of hydrogen-bond acceptors (Lipinski definition) is 6. The Morgan fingerprint density at radius 3 is 2.57 bits per heavy atom. The van der Waals surface area contributed by atoms with Crippen LogP contribution in [0, 0.1) is 5.92 Å². The van der Waals surface area contributed by atoms with Gasteiger partial charge in [0, 0.05) is 12.1 Å². The molecule has 1 aliphatic heterocycles. The number of aliphatic hydroxyl groups excluding tert-OH is 2. The van der Waals surface area contributed by atoms with Crippen LogP contribution in [-0.2, 0) is 4.79 Å². The van der Waals surface area contributed by atoms with Gasteiger partial charge < -0.3 is 25.4 Å². The Hall–Kier alpha value is -2.64. The molecule has 0 saturated heterocycles. The zero-order valence-corrected chi connectivity index (χ0v) is 16.3. The smallest absolute Gasteiger partial charge is 0.255 e. The molecule has 4 N–H and O–H groups in total. The van der Waals surface area contributed by atoms with Crippen LogP contribution in [0.5, 0.6) is 11.5 Å². The van der Waals surface area contributed by atoms with E-state index in [9.17, 15) is 24.9 Å². The molecule has 0 saturated carbocycles. The third-order valence-corrected chi connectivity index (χ3v) is 4.70. The van der Waals surface area contributed by atoms with Gasteiger partial charge in [0.15, 0.2) is 5.78 Å². The van der Waals surface area contributed by atoms with Gasteiger partial charge in [-0.1, -0.05) is 25.2 Å². The zero-order chi connectivity index (χ0) is 20.8. The fraction of sp³-hybridized carbons (Fsp3) is 0.429. The summed E-state index contributed by atoms with van der Waals surface area (Å²) in [5.74, 6) is -1.10. The zero-order valence-electron chi connectivity index (χ0n) is 16.3. The second-order valence-electron chi connectivity index (χ2n) is 6.87. The van der Waals surface area contributed by atoms with E-state index in [-0.39, 0.29) is 29.7 Å². The van der Waals surface area contributed by atoms with Crippen LogP contribution in [-0.4, -0.2) is 51.9 Å². The van der Waals surface area contributed by atoms with E-state index in [2.05, 4.69) is 5.32 Å². The molecule has 1 aromatic carbocycles. The van der Waals surface area contributed by atoms with Crippen LogP contribution in [0.15, 0.2) is 30.4 Å².